The summed E-state index contributed by atoms with van der Waals surface area (Å²) in [6.07, 6.45) is -8.21. The number of anilines is 1. The summed E-state index contributed by atoms with van der Waals surface area (Å²) in [7, 11) is 0. The molecular formula is C32H37F3N2O12. The zero-order valence-electron chi connectivity index (χ0n) is 26.3. The van der Waals surface area contributed by atoms with Crippen LogP contribution in [0.5, 0.6) is 0 Å². The Labute approximate surface area is 278 Å². The number of nitrogens with zero attached hydrogens (tertiary/aromatic N) is 1. The topological polar surface area (TPSA) is 175 Å². The van der Waals surface area contributed by atoms with E-state index in [1.54, 1.807) is 0 Å². The number of carbonyl (C=O) groups excluding carboxylic acids is 2. The molecule has 3 aromatic rings. The molecule has 0 saturated carbocycles. The molecule has 49 heavy (non-hydrogen) atoms. The first-order valence-electron chi connectivity index (χ1n) is 15.3. The van der Waals surface area contributed by atoms with Gasteiger partial charge in [-0.05, 0) is 29.7 Å². The first-order chi connectivity index (χ1) is 23.6. The van der Waals surface area contributed by atoms with Gasteiger partial charge in [-0.3, -0.25) is 9.69 Å². The monoisotopic (exact) mass is 698 g/mol. The lowest BCUT2D eigenvalue weighted by molar-refractivity contribution is -0.137. The molecule has 17 heteroatoms. The van der Waals surface area contributed by atoms with Crippen molar-refractivity contribution in [3.05, 3.63) is 64.4 Å². The van der Waals surface area contributed by atoms with Crippen molar-refractivity contribution in [3.63, 3.8) is 0 Å². The van der Waals surface area contributed by atoms with E-state index in [4.69, 9.17) is 43.4 Å². The molecule has 1 aliphatic rings. The van der Waals surface area contributed by atoms with Gasteiger partial charge in [0.2, 0.25) is 0 Å². The first kappa shape index (κ1) is 37.6. The van der Waals surface area contributed by atoms with Crippen molar-refractivity contribution >= 4 is 28.7 Å². The van der Waals surface area contributed by atoms with Gasteiger partial charge in [-0.1, -0.05) is 24.3 Å². The molecule has 0 radical (unpaired) electrons. The van der Waals surface area contributed by atoms with Crippen molar-refractivity contribution in [2.75, 3.05) is 84.1 Å². The minimum atomic E-state index is -4.63. The SMILES string of the molecule is O=C(OCC1CN(c2ccc3cc(-c4ccccc4C(F)(F)F)[nH]c(=O)c3c2)C(=O)O1)OC(COCCOCCO)COCCOCCO. The van der Waals surface area contributed by atoms with Gasteiger partial charge in [0, 0.05) is 22.3 Å². The Bertz CT molecular complexity index is 1570. The number of hydrogen-bond donors (Lipinski definition) is 3. The summed E-state index contributed by atoms with van der Waals surface area (Å²) in [5.41, 5.74) is -1.45. The number of ether oxygens (including phenoxy) is 7. The average molecular weight is 699 g/mol. The zero-order chi connectivity index (χ0) is 35.2. The summed E-state index contributed by atoms with van der Waals surface area (Å²) in [4.78, 5) is 41.9. The summed E-state index contributed by atoms with van der Waals surface area (Å²) in [5.74, 6) is 0. The highest BCUT2D eigenvalue weighted by atomic mass is 19.4. The molecule has 0 aliphatic carbocycles. The number of aliphatic hydroxyl groups excluding tert-OH is 2. The van der Waals surface area contributed by atoms with Crippen LogP contribution < -0.4 is 10.5 Å². The van der Waals surface area contributed by atoms with Crippen molar-refractivity contribution < 1.29 is 66.1 Å². The minimum Gasteiger partial charge on any atom is -0.440 e. The number of hydrogen-bond acceptors (Lipinski definition) is 12. The minimum absolute atomic E-state index is 0.0117. The lowest BCUT2D eigenvalue weighted by Crippen LogP contribution is -2.32. The fourth-order valence-electron chi connectivity index (χ4n) is 4.79. The summed E-state index contributed by atoms with van der Waals surface area (Å²) in [6.45, 7) is 0.282. The molecule has 268 valence electrons. The number of carbonyl (C=O) groups is 2. The Kier molecular flexibility index (Phi) is 14.2. The van der Waals surface area contributed by atoms with Crippen molar-refractivity contribution in [2.45, 2.75) is 18.4 Å². The maximum Gasteiger partial charge on any atom is 0.508 e. The summed E-state index contributed by atoms with van der Waals surface area (Å²) in [5, 5.41) is 18.0. The quantitative estimate of drug-likeness (QED) is 0.123. The Balaban J connectivity index is 1.33. The summed E-state index contributed by atoms with van der Waals surface area (Å²) in [6, 6.07) is 10.8. The Hall–Kier alpha value is -4.26. The van der Waals surface area contributed by atoms with Crippen molar-refractivity contribution in [2.24, 2.45) is 0 Å². The van der Waals surface area contributed by atoms with E-state index in [0.717, 1.165) is 6.07 Å². The molecule has 3 N–H and O–H groups in total. The van der Waals surface area contributed by atoms with Crippen LogP contribution in [0.4, 0.5) is 28.4 Å². The van der Waals surface area contributed by atoms with Gasteiger partial charge in [0.15, 0.2) is 12.2 Å². The second-order valence-electron chi connectivity index (χ2n) is 10.6. The highest BCUT2D eigenvalue weighted by molar-refractivity contribution is 5.94. The molecule has 1 saturated heterocycles. The third-order valence-electron chi connectivity index (χ3n) is 7.01. The molecular weight excluding hydrogens is 661 g/mol. The van der Waals surface area contributed by atoms with E-state index in [1.807, 2.05) is 0 Å². The van der Waals surface area contributed by atoms with Gasteiger partial charge >= 0.3 is 18.4 Å². The van der Waals surface area contributed by atoms with Crippen LogP contribution >= 0.6 is 0 Å². The molecule has 1 unspecified atom stereocenters. The third-order valence-corrected chi connectivity index (χ3v) is 7.01. The Morgan fingerprint density at radius 2 is 1.57 bits per heavy atom. The maximum atomic E-state index is 13.6. The number of rotatable bonds is 19. The normalized spacial score (nSPS) is 14.9. The molecule has 2 aromatic carbocycles. The molecule has 4 rings (SSSR count). The van der Waals surface area contributed by atoms with Crippen LogP contribution in [0.3, 0.4) is 0 Å². The van der Waals surface area contributed by atoms with E-state index >= 15 is 0 Å². The molecule has 1 amide bonds. The van der Waals surface area contributed by atoms with Crippen LogP contribution in [-0.2, 0) is 39.3 Å². The van der Waals surface area contributed by atoms with Gasteiger partial charge < -0.3 is 48.4 Å². The number of aliphatic hydroxyl groups is 2. The van der Waals surface area contributed by atoms with E-state index in [0.29, 0.717) is 5.39 Å². The Morgan fingerprint density at radius 1 is 0.918 bits per heavy atom. The number of aromatic amines is 1. The molecule has 1 aliphatic heterocycles. The molecule has 2 heterocycles. The predicted molar refractivity (Wildman–Crippen MR) is 166 cm³/mol. The number of cyclic esters (lactones) is 1. The number of pyridine rings is 1. The van der Waals surface area contributed by atoms with Crippen molar-refractivity contribution in [3.8, 4) is 11.3 Å². The van der Waals surface area contributed by atoms with Crippen molar-refractivity contribution in [1.29, 1.82) is 0 Å². The number of aromatic nitrogens is 1. The molecule has 14 nitrogen and oxygen atoms in total. The van der Waals surface area contributed by atoms with E-state index in [2.05, 4.69) is 4.98 Å². The number of H-pyrrole nitrogens is 1. The lowest BCUT2D eigenvalue weighted by atomic mass is 10.0. The summed E-state index contributed by atoms with van der Waals surface area (Å²) >= 11 is 0. The smallest absolute Gasteiger partial charge is 0.440 e. The van der Waals surface area contributed by atoms with Gasteiger partial charge in [-0.15, -0.1) is 0 Å². The van der Waals surface area contributed by atoms with E-state index in [9.17, 15) is 27.6 Å². The van der Waals surface area contributed by atoms with Crippen LogP contribution in [-0.4, -0.2) is 119 Å². The third kappa shape index (κ3) is 11.1. The fourth-order valence-corrected chi connectivity index (χ4v) is 4.79. The number of fused-ring (bicyclic) bond motifs is 1. The van der Waals surface area contributed by atoms with E-state index in [-0.39, 0.29) is 102 Å². The number of benzene rings is 2. The first-order valence-corrected chi connectivity index (χ1v) is 15.3. The van der Waals surface area contributed by atoms with Gasteiger partial charge in [-0.25, -0.2) is 9.59 Å². The highest BCUT2D eigenvalue weighted by Gasteiger charge is 2.35. The second-order valence-corrected chi connectivity index (χ2v) is 10.6. The average Bonchev–Trinajstić information content (AvgIpc) is 3.46. The second kappa shape index (κ2) is 18.5. The summed E-state index contributed by atoms with van der Waals surface area (Å²) < 4.78 is 77.6. The number of amides is 1. The standard InChI is InChI=1S/C32H37F3N2O12/c33-32(34,35)27-4-2-1-3-25(27)28-15-21-5-6-22(16-26(21)29(40)36-28)37-17-23(48-30(37)41)20-47-31(42)49-24(18-45-13-11-43-9-7-38)19-46-14-12-44-10-8-39/h1-6,15-16,23-24,38-39H,7-14,17-20H2,(H,36,40). The van der Waals surface area contributed by atoms with Crippen LogP contribution in [0.2, 0.25) is 0 Å². The van der Waals surface area contributed by atoms with Gasteiger partial charge in [0.1, 0.15) is 6.61 Å². The van der Waals surface area contributed by atoms with Crippen LogP contribution in [0.25, 0.3) is 22.0 Å². The number of nitrogens with one attached hydrogen (secondary N) is 1. The Morgan fingerprint density at radius 3 is 2.22 bits per heavy atom. The fraction of sp³-hybridized carbons (Fsp3) is 0.469. The van der Waals surface area contributed by atoms with Gasteiger partial charge in [0.25, 0.3) is 5.56 Å². The lowest BCUT2D eigenvalue weighted by Gasteiger charge is -2.18. The largest absolute Gasteiger partial charge is 0.508 e. The molecule has 1 atom stereocenters. The zero-order valence-corrected chi connectivity index (χ0v) is 26.3. The van der Waals surface area contributed by atoms with Crippen LogP contribution in [0.15, 0.2) is 53.3 Å². The van der Waals surface area contributed by atoms with E-state index in [1.165, 1.54) is 47.4 Å². The molecule has 0 bridgehead atoms. The van der Waals surface area contributed by atoms with Gasteiger partial charge in [0.05, 0.1) is 78.2 Å². The van der Waals surface area contributed by atoms with Crippen LogP contribution in [0, 0.1) is 0 Å². The maximum absolute atomic E-state index is 13.6. The highest BCUT2D eigenvalue weighted by Crippen LogP contribution is 2.36. The predicted octanol–water partition coefficient (Wildman–Crippen LogP) is 3.11. The van der Waals surface area contributed by atoms with Gasteiger partial charge in [-0.2, -0.15) is 13.2 Å². The molecule has 0 spiro atoms. The van der Waals surface area contributed by atoms with Crippen molar-refractivity contribution in [1.82, 2.24) is 4.98 Å². The van der Waals surface area contributed by atoms with E-state index < -0.39 is 41.8 Å². The number of alkyl halides is 3. The number of halogens is 3. The molecule has 1 fully saturated rings. The molecule has 1 aromatic heterocycles. The van der Waals surface area contributed by atoms with Crippen LogP contribution in [0.1, 0.15) is 5.56 Å².